The number of aliphatic hydroxyl groups excluding tert-OH is 1. The molecule has 4 heteroatoms. The predicted molar refractivity (Wildman–Crippen MR) is 52.9 cm³/mol. The quantitative estimate of drug-likeness (QED) is 0.661. The number of nitrogens with zero attached hydrogens (tertiary/aromatic N) is 2. The van der Waals surface area contributed by atoms with Crippen molar-refractivity contribution in [3.8, 4) is 0 Å². The van der Waals surface area contributed by atoms with Crippen LogP contribution in [-0.2, 0) is 4.79 Å². The molecule has 2 aliphatic rings. The molecule has 80 valence electrons. The second kappa shape index (κ2) is 4.28. The molecule has 0 aliphatic carbocycles. The van der Waals surface area contributed by atoms with Crippen molar-refractivity contribution < 1.29 is 9.90 Å². The Hall–Kier alpha value is -0.610. The van der Waals surface area contributed by atoms with E-state index in [2.05, 4.69) is 0 Å². The van der Waals surface area contributed by atoms with Crippen LogP contribution in [0.4, 0.5) is 0 Å². The van der Waals surface area contributed by atoms with E-state index in [1.54, 1.807) is 0 Å². The van der Waals surface area contributed by atoms with E-state index < -0.39 is 0 Å². The summed E-state index contributed by atoms with van der Waals surface area (Å²) >= 11 is 0. The third-order valence-corrected chi connectivity index (χ3v) is 3.01. The topological polar surface area (TPSA) is 43.8 Å². The third kappa shape index (κ3) is 2.25. The van der Waals surface area contributed by atoms with Gasteiger partial charge < -0.3 is 10.0 Å². The molecular weight excluding hydrogens is 180 g/mol. The Bertz CT molecular complexity index is 208. The Labute approximate surface area is 84.5 Å². The molecule has 0 bridgehead atoms. The molecule has 1 N–H and O–H groups in total. The molecule has 14 heavy (non-hydrogen) atoms. The maximum absolute atomic E-state index is 11.7. The number of β-amino-alcohol motifs (C(OH)–C–C–N with tert-alkyl or cyclic N) is 1. The smallest absolute Gasteiger partial charge is 0.236 e. The zero-order valence-corrected chi connectivity index (χ0v) is 8.48. The van der Waals surface area contributed by atoms with Crippen LogP contribution in [0.5, 0.6) is 0 Å². The number of carbonyl (C=O) groups excluding carboxylic acids is 1. The van der Waals surface area contributed by atoms with Crippen molar-refractivity contribution in [1.82, 2.24) is 9.80 Å². The molecular formula is C10H18N2O2. The van der Waals surface area contributed by atoms with Crippen LogP contribution in [0, 0.1) is 0 Å². The Morgan fingerprint density at radius 3 is 2.43 bits per heavy atom. The summed E-state index contributed by atoms with van der Waals surface area (Å²) < 4.78 is 0. The molecule has 0 spiro atoms. The highest BCUT2D eigenvalue weighted by atomic mass is 16.3. The van der Waals surface area contributed by atoms with Crippen LogP contribution < -0.4 is 0 Å². The van der Waals surface area contributed by atoms with Gasteiger partial charge in [0.1, 0.15) is 0 Å². The number of hydrogen-bond donors (Lipinski definition) is 1. The molecule has 0 saturated carbocycles. The van der Waals surface area contributed by atoms with Gasteiger partial charge in [-0.1, -0.05) is 0 Å². The van der Waals surface area contributed by atoms with Gasteiger partial charge >= 0.3 is 0 Å². The molecule has 0 radical (unpaired) electrons. The van der Waals surface area contributed by atoms with E-state index in [9.17, 15) is 4.79 Å². The van der Waals surface area contributed by atoms with Gasteiger partial charge in [0.25, 0.3) is 0 Å². The minimum atomic E-state index is -0.204. The molecule has 0 atom stereocenters. The van der Waals surface area contributed by atoms with E-state index in [4.69, 9.17) is 5.11 Å². The number of rotatable bonds is 2. The molecule has 0 aromatic heterocycles. The SMILES string of the molecule is O=C(CN1CC(O)C1)N1CCCCC1. The van der Waals surface area contributed by atoms with E-state index in [0.29, 0.717) is 19.6 Å². The maximum atomic E-state index is 11.7. The van der Waals surface area contributed by atoms with Crippen LogP contribution >= 0.6 is 0 Å². The van der Waals surface area contributed by atoms with Gasteiger partial charge in [0, 0.05) is 26.2 Å². The summed E-state index contributed by atoms with van der Waals surface area (Å²) in [6.45, 7) is 3.68. The van der Waals surface area contributed by atoms with Crippen molar-refractivity contribution in [1.29, 1.82) is 0 Å². The minimum absolute atomic E-state index is 0.204. The third-order valence-electron chi connectivity index (χ3n) is 3.01. The Balaban J connectivity index is 1.71. The van der Waals surface area contributed by atoms with Crippen molar-refractivity contribution >= 4 is 5.91 Å². The number of carbonyl (C=O) groups is 1. The fourth-order valence-corrected chi connectivity index (χ4v) is 2.11. The molecule has 0 aromatic carbocycles. The minimum Gasteiger partial charge on any atom is -0.390 e. The van der Waals surface area contributed by atoms with Crippen molar-refractivity contribution in [2.24, 2.45) is 0 Å². The molecule has 2 aliphatic heterocycles. The average Bonchev–Trinajstić information content (AvgIpc) is 2.17. The van der Waals surface area contributed by atoms with Gasteiger partial charge in [-0.25, -0.2) is 0 Å². The first-order valence-electron chi connectivity index (χ1n) is 5.44. The summed E-state index contributed by atoms with van der Waals surface area (Å²) in [5.74, 6) is 0.233. The summed E-state index contributed by atoms with van der Waals surface area (Å²) in [5.41, 5.74) is 0. The van der Waals surface area contributed by atoms with E-state index in [-0.39, 0.29) is 12.0 Å². The summed E-state index contributed by atoms with van der Waals surface area (Å²) in [6.07, 6.45) is 3.35. The maximum Gasteiger partial charge on any atom is 0.236 e. The fourth-order valence-electron chi connectivity index (χ4n) is 2.11. The van der Waals surface area contributed by atoms with Crippen molar-refractivity contribution in [3.05, 3.63) is 0 Å². The highest BCUT2D eigenvalue weighted by Crippen LogP contribution is 2.11. The van der Waals surface area contributed by atoms with Gasteiger partial charge in [-0.15, -0.1) is 0 Å². The molecule has 0 unspecified atom stereocenters. The van der Waals surface area contributed by atoms with Gasteiger partial charge in [0.05, 0.1) is 12.6 Å². The van der Waals surface area contributed by atoms with Gasteiger partial charge in [-0.2, -0.15) is 0 Å². The van der Waals surface area contributed by atoms with Gasteiger partial charge in [-0.3, -0.25) is 9.69 Å². The number of amides is 1. The summed E-state index contributed by atoms with van der Waals surface area (Å²) in [7, 11) is 0. The predicted octanol–water partition coefficient (Wildman–Crippen LogP) is -0.325. The van der Waals surface area contributed by atoms with E-state index in [1.165, 1.54) is 6.42 Å². The van der Waals surface area contributed by atoms with Crippen LogP contribution in [0.1, 0.15) is 19.3 Å². The molecule has 4 nitrogen and oxygen atoms in total. The molecule has 2 rings (SSSR count). The van der Waals surface area contributed by atoms with E-state index >= 15 is 0 Å². The molecule has 0 aromatic rings. The normalized spacial score (nSPS) is 24.8. The lowest BCUT2D eigenvalue weighted by Crippen LogP contribution is -2.54. The number of piperidine rings is 1. The second-order valence-electron chi connectivity index (χ2n) is 4.29. The lowest BCUT2D eigenvalue weighted by atomic mass is 10.1. The Kier molecular flexibility index (Phi) is 3.03. The molecule has 1 amide bonds. The van der Waals surface area contributed by atoms with E-state index in [0.717, 1.165) is 25.9 Å². The van der Waals surface area contributed by atoms with Gasteiger partial charge in [-0.05, 0) is 19.3 Å². The number of likely N-dealkylation sites (tertiary alicyclic amines) is 2. The summed E-state index contributed by atoms with van der Waals surface area (Å²) in [5, 5.41) is 9.07. The zero-order chi connectivity index (χ0) is 9.97. The first-order valence-corrected chi connectivity index (χ1v) is 5.44. The lowest BCUT2D eigenvalue weighted by Gasteiger charge is -2.37. The monoisotopic (exact) mass is 198 g/mol. The Morgan fingerprint density at radius 2 is 1.86 bits per heavy atom. The van der Waals surface area contributed by atoms with E-state index in [1.807, 2.05) is 9.80 Å². The fraction of sp³-hybridized carbons (Fsp3) is 0.900. The molecule has 2 heterocycles. The lowest BCUT2D eigenvalue weighted by molar-refractivity contribution is -0.136. The van der Waals surface area contributed by atoms with Crippen LogP contribution in [0.25, 0.3) is 0 Å². The van der Waals surface area contributed by atoms with Crippen LogP contribution in [-0.4, -0.2) is 59.6 Å². The van der Waals surface area contributed by atoms with Gasteiger partial charge in [0.2, 0.25) is 5.91 Å². The number of hydrogen-bond acceptors (Lipinski definition) is 3. The van der Waals surface area contributed by atoms with Crippen LogP contribution in [0.15, 0.2) is 0 Å². The van der Waals surface area contributed by atoms with Gasteiger partial charge in [0.15, 0.2) is 0 Å². The van der Waals surface area contributed by atoms with Crippen LogP contribution in [0.3, 0.4) is 0 Å². The average molecular weight is 198 g/mol. The highest BCUT2D eigenvalue weighted by molar-refractivity contribution is 5.78. The standard InChI is InChI=1S/C10H18N2O2/c13-9-6-11(7-9)8-10(14)12-4-2-1-3-5-12/h9,13H,1-8H2. The first-order chi connectivity index (χ1) is 6.75. The summed E-state index contributed by atoms with van der Waals surface area (Å²) in [6, 6.07) is 0. The highest BCUT2D eigenvalue weighted by Gasteiger charge is 2.27. The van der Waals surface area contributed by atoms with Crippen LogP contribution in [0.2, 0.25) is 0 Å². The van der Waals surface area contributed by atoms with Crippen molar-refractivity contribution in [3.63, 3.8) is 0 Å². The largest absolute Gasteiger partial charge is 0.390 e. The summed E-state index contributed by atoms with van der Waals surface area (Å²) in [4.78, 5) is 15.7. The number of aliphatic hydroxyl groups is 1. The zero-order valence-electron chi connectivity index (χ0n) is 8.48. The van der Waals surface area contributed by atoms with Crippen molar-refractivity contribution in [2.45, 2.75) is 25.4 Å². The Morgan fingerprint density at radius 1 is 1.21 bits per heavy atom. The molecule has 2 fully saturated rings. The second-order valence-corrected chi connectivity index (χ2v) is 4.29. The van der Waals surface area contributed by atoms with Crippen molar-refractivity contribution in [2.75, 3.05) is 32.7 Å². The molecule has 2 saturated heterocycles. The first kappa shape index (κ1) is 9.93.